The molecule has 1 aromatic carbocycles. The maximum absolute atomic E-state index is 12.1. The van der Waals surface area contributed by atoms with Gasteiger partial charge in [0.2, 0.25) is 12.7 Å². The first-order valence-electron chi connectivity index (χ1n) is 7.58. The summed E-state index contributed by atoms with van der Waals surface area (Å²) in [5, 5.41) is 7.27. The minimum absolute atomic E-state index is 0.195. The van der Waals surface area contributed by atoms with Gasteiger partial charge in [-0.25, -0.2) is 4.98 Å². The molecule has 0 saturated heterocycles. The van der Waals surface area contributed by atoms with Crippen LogP contribution in [-0.2, 0) is 4.79 Å². The number of anilines is 1. The van der Waals surface area contributed by atoms with Crippen LogP contribution in [0.4, 0.5) is 5.13 Å². The van der Waals surface area contributed by atoms with E-state index in [0.717, 1.165) is 27.4 Å². The van der Waals surface area contributed by atoms with Crippen molar-refractivity contribution >= 4 is 39.8 Å². The summed E-state index contributed by atoms with van der Waals surface area (Å²) in [4.78, 5) is 17.6. The van der Waals surface area contributed by atoms with Crippen molar-refractivity contribution in [1.82, 2.24) is 4.98 Å². The molecule has 7 heteroatoms. The molecule has 1 N–H and O–H groups in total. The smallest absolute Gasteiger partial charge is 0.250 e. The number of ether oxygens (including phenoxy) is 2. The standard InChI is InChI=1S/C18H14N2O3S2/c1-11-6-7-24-16(11)4-5-17(21)20-18-19-13(9-25-18)12-2-3-14-15(8-12)23-10-22-14/h2-9H,10H2,1H3,(H,19,20,21)/b5-4+. The van der Waals surface area contributed by atoms with Gasteiger partial charge in [-0.2, -0.15) is 0 Å². The zero-order chi connectivity index (χ0) is 17.2. The van der Waals surface area contributed by atoms with Crippen LogP contribution in [0.2, 0.25) is 0 Å². The molecular formula is C18H14N2O3S2. The number of thiophene rings is 1. The number of hydrogen-bond acceptors (Lipinski definition) is 6. The molecule has 5 nitrogen and oxygen atoms in total. The third-order valence-corrected chi connectivity index (χ3v) is 5.43. The van der Waals surface area contributed by atoms with Gasteiger partial charge < -0.3 is 9.47 Å². The largest absolute Gasteiger partial charge is 0.454 e. The molecule has 0 saturated carbocycles. The van der Waals surface area contributed by atoms with Crippen molar-refractivity contribution in [3.8, 4) is 22.8 Å². The van der Waals surface area contributed by atoms with E-state index in [4.69, 9.17) is 9.47 Å². The number of nitrogens with zero attached hydrogens (tertiary/aromatic N) is 1. The summed E-state index contributed by atoms with van der Waals surface area (Å²) in [5.41, 5.74) is 2.87. The molecule has 0 spiro atoms. The van der Waals surface area contributed by atoms with Crippen molar-refractivity contribution < 1.29 is 14.3 Å². The van der Waals surface area contributed by atoms with E-state index in [9.17, 15) is 4.79 Å². The molecule has 25 heavy (non-hydrogen) atoms. The van der Waals surface area contributed by atoms with Crippen molar-refractivity contribution in [3.05, 3.63) is 51.5 Å². The van der Waals surface area contributed by atoms with Crippen molar-refractivity contribution in [2.75, 3.05) is 12.1 Å². The highest BCUT2D eigenvalue weighted by Crippen LogP contribution is 2.36. The summed E-state index contributed by atoms with van der Waals surface area (Å²) in [5.74, 6) is 1.26. The zero-order valence-electron chi connectivity index (χ0n) is 13.3. The molecule has 3 heterocycles. The fourth-order valence-electron chi connectivity index (χ4n) is 2.37. The second-order valence-electron chi connectivity index (χ2n) is 5.40. The molecule has 0 bridgehead atoms. The highest BCUT2D eigenvalue weighted by atomic mass is 32.1. The second-order valence-corrected chi connectivity index (χ2v) is 7.20. The van der Waals surface area contributed by atoms with Gasteiger partial charge in [-0.05, 0) is 48.2 Å². The van der Waals surface area contributed by atoms with Crippen molar-refractivity contribution in [1.29, 1.82) is 0 Å². The van der Waals surface area contributed by atoms with Gasteiger partial charge in [0.15, 0.2) is 16.6 Å². The van der Waals surface area contributed by atoms with Crippen LogP contribution in [0.3, 0.4) is 0 Å². The molecule has 1 aliphatic rings. The minimum atomic E-state index is -0.195. The molecule has 2 aromatic heterocycles. The molecule has 0 fully saturated rings. The van der Waals surface area contributed by atoms with Crippen LogP contribution in [-0.4, -0.2) is 17.7 Å². The Balaban J connectivity index is 1.45. The Kier molecular flexibility index (Phi) is 4.25. The third kappa shape index (κ3) is 3.42. The predicted molar refractivity (Wildman–Crippen MR) is 100 cm³/mol. The molecule has 0 atom stereocenters. The lowest BCUT2D eigenvalue weighted by atomic mass is 10.1. The summed E-state index contributed by atoms with van der Waals surface area (Å²) in [6.45, 7) is 2.26. The SMILES string of the molecule is Cc1ccsc1/C=C/C(=O)Nc1nc(-c2ccc3c(c2)OCO3)cs1. The fraction of sp³-hybridized carbons (Fsp3) is 0.111. The molecule has 4 rings (SSSR count). The van der Waals surface area contributed by atoms with E-state index in [-0.39, 0.29) is 12.7 Å². The van der Waals surface area contributed by atoms with E-state index < -0.39 is 0 Å². The van der Waals surface area contributed by atoms with Crippen LogP contribution in [0.5, 0.6) is 11.5 Å². The van der Waals surface area contributed by atoms with Gasteiger partial charge in [-0.1, -0.05) is 0 Å². The van der Waals surface area contributed by atoms with Crippen LogP contribution in [0, 0.1) is 6.92 Å². The number of carbonyl (C=O) groups is 1. The summed E-state index contributed by atoms with van der Waals surface area (Å²) < 4.78 is 10.7. The Morgan fingerprint density at radius 3 is 2.96 bits per heavy atom. The maximum Gasteiger partial charge on any atom is 0.250 e. The average molecular weight is 370 g/mol. The van der Waals surface area contributed by atoms with E-state index in [1.165, 1.54) is 17.4 Å². The van der Waals surface area contributed by atoms with E-state index in [2.05, 4.69) is 10.3 Å². The van der Waals surface area contributed by atoms with E-state index >= 15 is 0 Å². The lowest BCUT2D eigenvalue weighted by Gasteiger charge is -2.00. The van der Waals surface area contributed by atoms with Gasteiger partial charge in [-0.3, -0.25) is 10.1 Å². The van der Waals surface area contributed by atoms with E-state index in [1.54, 1.807) is 11.3 Å². The molecule has 126 valence electrons. The van der Waals surface area contributed by atoms with Crippen LogP contribution < -0.4 is 14.8 Å². The monoisotopic (exact) mass is 370 g/mol. The first kappa shape index (κ1) is 15.9. The lowest BCUT2D eigenvalue weighted by molar-refractivity contribution is -0.111. The number of fused-ring (bicyclic) bond motifs is 1. The van der Waals surface area contributed by atoms with Crippen molar-refractivity contribution in [2.24, 2.45) is 0 Å². The maximum atomic E-state index is 12.1. The average Bonchev–Trinajstić information content (AvgIpc) is 3.33. The van der Waals surface area contributed by atoms with Gasteiger partial charge >= 0.3 is 0 Å². The predicted octanol–water partition coefficient (Wildman–Crippen LogP) is 4.56. The number of aromatic nitrogens is 1. The second kappa shape index (κ2) is 6.70. The van der Waals surface area contributed by atoms with Crippen LogP contribution in [0.15, 0.2) is 41.1 Å². The highest BCUT2D eigenvalue weighted by molar-refractivity contribution is 7.14. The lowest BCUT2D eigenvalue weighted by Crippen LogP contribution is -2.07. The molecule has 1 amide bonds. The normalized spacial score (nSPS) is 12.7. The van der Waals surface area contributed by atoms with E-state index in [0.29, 0.717) is 10.9 Å². The molecule has 3 aromatic rings. The molecule has 0 unspecified atom stereocenters. The number of amides is 1. The Labute approximate surface area is 152 Å². The molecule has 0 aliphatic carbocycles. The first-order chi connectivity index (χ1) is 12.2. The van der Waals surface area contributed by atoms with Gasteiger partial charge in [0, 0.05) is 21.9 Å². The number of aryl methyl sites for hydroxylation is 1. The zero-order valence-corrected chi connectivity index (χ0v) is 14.9. The summed E-state index contributed by atoms with van der Waals surface area (Å²) >= 11 is 2.99. The van der Waals surface area contributed by atoms with Crippen molar-refractivity contribution in [2.45, 2.75) is 6.92 Å². The highest BCUT2D eigenvalue weighted by Gasteiger charge is 2.15. The first-order valence-corrected chi connectivity index (χ1v) is 9.34. The number of thiazole rings is 1. The van der Waals surface area contributed by atoms with Gasteiger partial charge in [-0.15, -0.1) is 22.7 Å². The van der Waals surface area contributed by atoms with E-state index in [1.807, 2.05) is 48.0 Å². The third-order valence-electron chi connectivity index (χ3n) is 3.69. The van der Waals surface area contributed by atoms with Gasteiger partial charge in [0.1, 0.15) is 0 Å². The van der Waals surface area contributed by atoms with Gasteiger partial charge in [0.25, 0.3) is 0 Å². The Morgan fingerprint density at radius 1 is 1.24 bits per heavy atom. The Hall–Kier alpha value is -2.64. The summed E-state index contributed by atoms with van der Waals surface area (Å²) in [6.07, 6.45) is 3.35. The quantitative estimate of drug-likeness (QED) is 0.684. The summed E-state index contributed by atoms with van der Waals surface area (Å²) in [6, 6.07) is 7.71. The Bertz CT molecular complexity index is 959. The topological polar surface area (TPSA) is 60.5 Å². The number of rotatable bonds is 4. The number of nitrogens with one attached hydrogen (secondary N) is 1. The van der Waals surface area contributed by atoms with Crippen LogP contribution in [0.1, 0.15) is 10.4 Å². The molecular weight excluding hydrogens is 356 g/mol. The molecule has 0 radical (unpaired) electrons. The number of carbonyl (C=O) groups excluding carboxylic acids is 1. The van der Waals surface area contributed by atoms with Crippen LogP contribution in [0.25, 0.3) is 17.3 Å². The summed E-state index contributed by atoms with van der Waals surface area (Å²) in [7, 11) is 0. The number of hydrogen-bond donors (Lipinski definition) is 1. The number of benzene rings is 1. The minimum Gasteiger partial charge on any atom is -0.454 e. The van der Waals surface area contributed by atoms with Crippen LogP contribution >= 0.6 is 22.7 Å². The van der Waals surface area contributed by atoms with Gasteiger partial charge in [0.05, 0.1) is 5.69 Å². The van der Waals surface area contributed by atoms with Crippen molar-refractivity contribution in [3.63, 3.8) is 0 Å². The molecule has 1 aliphatic heterocycles. The fourth-order valence-corrected chi connectivity index (χ4v) is 3.92. The Morgan fingerprint density at radius 2 is 2.12 bits per heavy atom.